The van der Waals surface area contributed by atoms with Crippen molar-refractivity contribution < 1.29 is 14.3 Å². The summed E-state index contributed by atoms with van der Waals surface area (Å²) in [6.07, 6.45) is 4.98. The number of hydrogen-bond donors (Lipinski definition) is 1. The second-order valence-corrected chi connectivity index (χ2v) is 7.82. The van der Waals surface area contributed by atoms with E-state index in [2.05, 4.69) is 10.3 Å². The van der Waals surface area contributed by atoms with Gasteiger partial charge in [0.2, 0.25) is 0 Å². The molecule has 1 saturated heterocycles. The Morgan fingerprint density at radius 2 is 1.93 bits per heavy atom. The average Bonchev–Trinajstić information content (AvgIpc) is 2.75. The largest absolute Gasteiger partial charge is 0.484 e. The molecule has 2 amide bonds. The molecule has 0 bridgehead atoms. The molecule has 3 rings (SSSR count). The maximum absolute atomic E-state index is 12.5. The van der Waals surface area contributed by atoms with Crippen molar-refractivity contribution in [3.63, 3.8) is 0 Å². The first-order valence-electron chi connectivity index (χ1n) is 9.79. The summed E-state index contributed by atoms with van der Waals surface area (Å²) in [7, 11) is 0. The summed E-state index contributed by atoms with van der Waals surface area (Å²) in [5, 5.41) is 3.65. The predicted octanol–water partition coefficient (Wildman–Crippen LogP) is 3.40. The normalized spacial score (nSPS) is 14.5. The zero-order valence-electron chi connectivity index (χ0n) is 16.8. The van der Waals surface area contributed by atoms with Crippen LogP contribution in [0.3, 0.4) is 0 Å². The molecule has 0 unspecified atom stereocenters. The van der Waals surface area contributed by atoms with Crippen LogP contribution in [0.5, 0.6) is 5.75 Å². The Balaban J connectivity index is 1.39. The Morgan fingerprint density at radius 1 is 1.24 bits per heavy atom. The number of rotatable bonds is 6. The highest BCUT2D eigenvalue weighted by Gasteiger charge is 2.24. The lowest BCUT2D eigenvalue weighted by atomic mass is 9.96. The zero-order chi connectivity index (χ0) is 20.8. The molecule has 154 valence electrons. The molecule has 0 atom stereocenters. The summed E-state index contributed by atoms with van der Waals surface area (Å²) in [5.74, 6) is 0.866. The third kappa shape index (κ3) is 5.70. The third-order valence-electron chi connectivity index (χ3n) is 5.18. The molecule has 1 aromatic carbocycles. The Hall–Kier alpha value is -2.60. The average molecular weight is 416 g/mol. The van der Waals surface area contributed by atoms with E-state index in [1.165, 1.54) is 0 Å². The van der Waals surface area contributed by atoms with Crippen molar-refractivity contribution in [2.24, 2.45) is 5.92 Å². The molecule has 29 heavy (non-hydrogen) atoms. The van der Waals surface area contributed by atoms with Gasteiger partial charge in [-0.1, -0.05) is 11.6 Å². The van der Waals surface area contributed by atoms with Crippen LogP contribution in [-0.4, -0.2) is 47.9 Å². The Morgan fingerprint density at radius 3 is 2.55 bits per heavy atom. The molecule has 2 aromatic rings. The summed E-state index contributed by atoms with van der Waals surface area (Å²) >= 11 is 6.15. The predicted molar refractivity (Wildman–Crippen MR) is 112 cm³/mol. The van der Waals surface area contributed by atoms with Gasteiger partial charge in [-0.3, -0.25) is 14.6 Å². The molecule has 1 N–H and O–H groups in total. The number of halogens is 1. The first-order chi connectivity index (χ1) is 13.9. The van der Waals surface area contributed by atoms with E-state index in [1.54, 1.807) is 24.5 Å². The fourth-order valence-electron chi connectivity index (χ4n) is 3.46. The molecular weight excluding hydrogens is 390 g/mol. The number of aromatic nitrogens is 1. The quantitative estimate of drug-likeness (QED) is 0.784. The van der Waals surface area contributed by atoms with E-state index in [9.17, 15) is 9.59 Å². The number of hydrogen-bond acceptors (Lipinski definition) is 4. The van der Waals surface area contributed by atoms with Gasteiger partial charge < -0.3 is 15.0 Å². The summed E-state index contributed by atoms with van der Waals surface area (Å²) in [4.78, 5) is 30.4. The molecule has 2 heterocycles. The Kier molecular flexibility index (Phi) is 7.09. The fourth-order valence-corrected chi connectivity index (χ4v) is 3.57. The van der Waals surface area contributed by atoms with Crippen molar-refractivity contribution >= 4 is 23.4 Å². The van der Waals surface area contributed by atoms with Crippen LogP contribution in [0.15, 0.2) is 36.7 Å². The van der Waals surface area contributed by atoms with E-state index in [-0.39, 0.29) is 18.4 Å². The van der Waals surface area contributed by atoms with E-state index in [1.807, 2.05) is 30.9 Å². The van der Waals surface area contributed by atoms with Crippen molar-refractivity contribution in [2.75, 3.05) is 26.2 Å². The minimum Gasteiger partial charge on any atom is -0.484 e. The van der Waals surface area contributed by atoms with Crippen LogP contribution in [0.1, 0.15) is 34.3 Å². The Labute approximate surface area is 176 Å². The summed E-state index contributed by atoms with van der Waals surface area (Å²) in [5.41, 5.74) is 2.47. The number of piperidine rings is 1. The number of benzene rings is 1. The smallest absolute Gasteiger partial charge is 0.257 e. The van der Waals surface area contributed by atoms with Crippen LogP contribution in [0.25, 0.3) is 0 Å². The van der Waals surface area contributed by atoms with Gasteiger partial charge in [0.1, 0.15) is 5.75 Å². The number of nitrogens with one attached hydrogen (secondary N) is 1. The van der Waals surface area contributed by atoms with Crippen molar-refractivity contribution in [3.05, 3.63) is 58.4 Å². The van der Waals surface area contributed by atoms with E-state index in [4.69, 9.17) is 16.3 Å². The van der Waals surface area contributed by atoms with E-state index in [0.717, 1.165) is 29.0 Å². The van der Waals surface area contributed by atoms with E-state index in [0.29, 0.717) is 36.9 Å². The van der Waals surface area contributed by atoms with E-state index >= 15 is 0 Å². The summed E-state index contributed by atoms with van der Waals surface area (Å²) in [6, 6.07) is 7.21. The van der Waals surface area contributed by atoms with Gasteiger partial charge in [0.15, 0.2) is 6.61 Å². The molecule has 0 aliphatic carbocycles. The lowest BCUT2D eigenvalue weighted by Crippen LogP contribution is -2.42. The maximum atomic E-state index is 12.5. The molecule has 1 fully saturated rings. The monoisotopic (exact) mass is 415 g/mol. The molecule has 0 radical (unpaired) electrons. The van der Waals surface area contributed by atoms with Gasteiger partial charge in [-0.15, -0.1) is 0 Å². The minimum atomic E-state index is -0.149. The number of carbonyl (C=O) groups excluding carboxylic acids is 2. The number of aryl methyl sites for hydroxylation is 2. The second kappa shape index (κ2) is 9.74. The lowest BCUT2D eigenvalue weighted by molar-refractivity contribution is -0.123. The van der Waals surface area contributed by atoms with Crippen molar-refractivity contribution in [3.8, 4) is 5.75 Å². The molecular formula is C22H26ClN3O3. The van der Waals surface area contributed by atoms with Gasteiger partial charge in [0.25, 0.3) is 11.8 Å². The SMILES string of the molecule is Cc1cc(OCC(=O)NCC2CCN(C(=O)c3cccnc3)CC2)cc(C)c1Cl. The van der Waals surface area contributed by atoms with Gasteiger partial charge in [0.05, 0.1) is 5.56 Å². The second-order valence-electron chi connectivity index (χ2n) is 7.44. The van der Waals surface area contributed by atoms with Gasteiger partial charge >= 0.3 is 0 Å². The summed E-state index contributed by atoms with van der Waals surface area (Å²) < 4.78 is 5.59. The maximum Gasteiger partial charge on any atom is 0.257 e. The molecule has 7 heteroatoms. The minimum absolute atomic E-state index is 0.0162. The number of nitrogens with zero attached hydrogens (tertiary/aromatic N) is 2. The molecule has 1 aliphatic rings. The van der Waals surface area contributed by atoms with Crippen LogP contribution in [0.4, 0.5) is 0 Å². The number of amides is 2. The molecule has 0 saturated carbocycles. The topological polar surface area (TPSA) is 71.5 Å². The van der Waals surface area contributed by atoms with Crippen LogP contribution in [-0.2, 0) is 4.79 Å². The highest BCUT2D eigenvalue weighted by atomic mass is 35.5. The van der Waals surface area contributed by atoms with Crippen LogP contribution < -0.4 is 10.1 Å². The van der Waals surface area contributed by atoms with Gasteiger partial charge in [-0.05, 0) is 68.0 Å². The van der Waals surface area contributed by atoms with E-state index < -0.39 is 0 Å². The molecule has 1 aliphatic heterocycles. The number of pyridine rings is 1. The van der Waals surface area contributed by atoms with Crippen molar-refractivity contribution in [1.82, 2.24) is 15.2 Å². The standard InChI is InChI=1S/C22H26ClN3O3/c1-15-10-19(11-16(2)21(15)23)29-14-20(27)25-12-17-5-8-26(9-6-17)22(28)18-4-3-7-24-13-18/h3-4,7,10-11,13,17H,5-6,8-9,12,14H2,1-2H3,(H,25,27). The molecule has 1 aromatic heterocycles. The van der Waals surface area contributed by atoms with Crippen LogP contribution >= 0.6 is 11.6 Å². The molecule has 0 spiro atoms. The first kappa shape index (κ1) is 21.1. The lowest BCUT2D eigenvalue weighted by Gasteiger charge is -2.32. The summed E-state index contributed by atoms with van der Waals surface area (Å²) in [6.45, 7) is 5.76. The van der Waals surface area contributed by atoms with Gasteiger partial charge in [-0.25, -0.2) is 0 Å². The van der Waals surface area contributed by atoms with Crippen molar-refractivity contribution in [1.29, 1.82) is 0 Å². The fraction of sp³-hybridized carbons (Fsp3) is 0.409. The first-order valence-corrected chi connectivity index (χ1v) is 10.2. The van der Waals surface area contributed by atoms with Crippen LogP contribution in [0, 0.1) is 19.8 Å². The van der Waals surface area contributed by atoms with Crippen LogP contribution in [0.2, 0.25) is 5.02 Å². The molecule has 6 nitrogen and oxygen atoms in total. The number of carbonyl (C=O) groups is 2. The Bertz CT molecular complexity index is 842. The highest BCUT2D eigenvalue weighted by Crippen LogP contribution is 2.25. The van der Waals surface area contributed by atoms with Crippen molar-refractivity contribution in [2.45, 2.75) is 26.7 Å². The van der Waals surface area contributed by atoms with Gasteiger partial charge in [-0.2, -0.15) is 0 Å². The zero-order valence-corrected chi connectivity index (χ0v) is 17.5. The third-order valence-corrected chi connectivity index (χ3v) is 5.77. The van der Waals surface area contributed by atoms with Gasteiger partial charge in [0, 0.05) is 37.1 Å². The number of ether oxygens (including phenoxy) is 1. The number of likely N-dealkylation sites (tertiary alicyclic amines) is 1. The highest BCUT2D eigenvalue weighted by molar-refractivity contribution is 6.32.